The summed E-state index contributed by atoms with van der Waals surface area (Å²) in [5.41, 5.74) is 1.85. The van der Waals surface area contributed by atoms with Gasteiger partial charge in [-0.15, -0.1) is 0 Å². The molecule has 0 aliphatic rings. The molecule has 0 aliphatic carbocycles. The minimum Gasteiger partial charge on any atom is -0.508 e. The normalized spacial score (nSPS) is 11.8. The zero-order valence-electron chi connectivity index (χ0n) is 11.8. The van der Waals surface area contributed by atoms with Crippen molar-refractivity contribution >= 4 is 0 Å². The molecule has 0 amide bonds. The topological polar surface area (TPSA) is 72.7 Å². The number of phenolic OH excluding ortho intramolecular Hbond substituents is 1. The van der Waals surface area contributed by atoms with E-state index in [-0.39, 0.29) is 12.3 Å². The van der Waals surface area contributed by atoms with Crippen LogP contribution in [-0.4, -0.2) is 21.2 Å². The summed E-state index contributed by atoms with van der Waals surface area (Å²) in [5, 5.41) is 30.7. The lowest BCUT2D eigenvalue weighted by molar-refractivity contribution is -0.170. The Morgan fingerprint density at radius 3 is 2.53 bits per heavy atom. The van der Waals surface area contributed by atoms with Crippen molar-refractivity contribution in [2.24, 2.45) is 0 Å². The molecule has 0 saturated heterocycles. The molecule has 0 saturated carbocycles. The Hall–Kier alpha value is -1.10. The molecule has 1 rings (SSSR count). The average Bonchev–Trinajstić information content (AvgIpc) is 2.34. The summed E-state index contributed by atoms with van der Waals surface area (Å²) in [6.45, 7) is 3.65. The number of rotatable bonds is 8. The fourth-order valence-corrected chi connectivity index (χ4v) is 1.95. The van der Waals surface area contributed by atoms with Crippen molar-refractivity contribution < 1.29 is 15.3 Å². The fourth-order valence-electron chi connectivity index (χ4n) is 1.95. The molecular formula is C15H25NO3. The number of aromatic hydroxyl groups is 1. The third-order valence-corrected chi connectivity index (χ3v) is 3.08. The van der Waals surface area contributed by atoms with Crippen LogP contribution in [0, 0.1) is 0 Å². The first-order valence-electron chi connectivity index (χ1n) is 6.93. The van der Waals surface area contributed by atoms with Gasteiger partial charge in [0.1, 0.15) is 5.75 Å². The lowest BCUT2D eigenvalue weighted by atomic mass is 10.0. The highest BCUT2D eigenvalue weighted by molar-refractivity contribution is 5.36. The lowest BCUT2D eigenvalue weighted by Crippen LogP contribution is -2.41. The van der Waals surface area contributed by atoms with Gasteiger partial charge >= 0.3 is 0 Å². The minimum absolute atomic E-state index is 0.175. The molecule has 1 aromatic rings. The van der Waals surface area contributed by atoms with Crippen molar-refractivity contribution in [1.29, 1.82) is 0 Å². The van der Waals surface area contributed by atoms with E-state index in [1.165, 1.54) is 31.7 Å². The molecule has 4 N–H and O–H groups in total. The van der Waals surface area contributed by atoms with Crippen LogP contribution in [0.4, 0.5) is 0 Å². The van der Waals surface area contributed by atoms with Crippen molar-refractivity contribution in [2.45, 2.75) is 58.4 Å². The second-order valence-corrected chi connectivity index (χ2v) is 5.15. The Morgan fingerprint density at radius 1 is 1.16 bits per heavy atom. The predicted octanol–water partition coefficient (Wildman–Crippen LogP) is 2.26. The van der Waals surface area contributed by atoms with Crippen LogP contribution in [-0.2, 0) is 13.0 Å². The van der Waals surface area contributed by atoms with E-state index in [1.54, 1.807) is 6.07 Å². The summed E-state index contributed by atoms with van der Waals surface area (Å²) in [5.74, 6) is -1.75. The number of benzene rings is 1. The number of hydrogen-bond donors (Lipinski definition) is 4. The summed E-state index contributed by atoms with van der Waals surface area (Å²) >= 11 is 0. The van der Waals surface area contributed by atoms with Gasteiger partial charge in [0.05, 0.1) is 0 Å². The van der Waals surface area contributed by atoms with E-state index >= 15 is 0 Å². The Balaban J connectivity index is 2.56. The van der Waals surface area contributed by atoms with E-state index in [2.05, 4.69) is 12.2 Å². The van der Waals surface area contributed by atoms with E-state index in [4.69, 9.17) is 0 Å². The third-order valence-electron chi connectivity index (χ3n) is 3.08. The molecule has 19 heavy (non-hydrogen) atoms. The standard InChI is InChI=1S/C15H25NO3/c1-3-4-5-6-7-12-8-9-14(17)13(10-12)11-16-15(2,18)19/h8-10,16-19H,3-7,11H2,1-2H3. The highest BCUT2D eigenvalue weighted by atomic mass is 16.5. The van der Waals surface area contributed by atoms with Crippen LogP contribution in [0.5, 0.6) is 5.75 Å². The SMILES string of the molecule is CCCCCCc1ccc(O)c(CNC(C)(O)O)c1. The van der Waals surface area contributed by atoms with E-state index in [0.29, 0.717) is 5.56 Å². The quantitative estimate of drug-likeness (QED) is 0.430. The smallest absolute Gasteiger partial charge is 0.219 e. The zero-order chi connectivity index (χ0) is 14.3. The summed E-state index contributed by atoms with van der Waals surface area (Å²) in [7, 11) is 0. The molecule has 0 atom stereocenters. The van der Waals surface area contributed by atoms with Gasteiger partial charge in [0.15, 0.2) is 0 Å². The Morgan fingerprint density at radius 2 is 1.89 bits per heavy atom. The zero-order valence-corrected chi connectivity index (χ0v) is 11.8. The predicted molar refractivity (Wildman–Crippen MR) is 75.6 cm³/mol. The lowest BCUT2D eigenvalue weighted by Gasteiger charge is -2.18. The molecule has 108 valence electrons. The summed E-state index contributed by atoms with van der Waals surface area (Å²) in [6.07, 6.45) is 5.82. The van der Waals surface area contributed by atoms with Gasteiger partial charge in [-0.2, -0.15) is 0 Å². The molecule has 0 unspecified atom stereocenters. The van der Waals surface area contributed by atoms with E-state index in [1.807, 2.05) is 12.1 Å². The van der Waals surface area contributed by atoms with Gasteiger partial charge in [-0.25, -0.2) is 0 Å². The van der Waals surface area contributed by atoms with Gasteiger partial charge in [-0.05, 0) is 24.5 Å². The summed E-state index contributed by atoms with van der Waals surface area (Å²) in [6, 6.07) is 5.50. The van der Waals surface area contributed by atoms with E-state index in [9.17, 15) is 15.3 Å². The summed E-state index contributed by atoms with van der Waals surface area (Å²) < 4.78 is 0. The van der Waals surface area contributed by atoms with Crippen LogP contribution < -0.4 is 5.32 Å². The summed E-state index contributed by atoms with van der Waals surface area (Å²) in [4.78, 5) is 0. The molecule has 4 heteroatoms. The van der Waals surface area contributed by atoms with Gasteiger partial charge in [0.25, 0.3) is 0 Å². The molecule has 0 bridgehead atoms. The second-order valence-electron chi connectivity index (χ2n) is 5.15. The van der Waals surface area contributed by atoms with Crippen molar-refractivity contribution in [3.63, 3.8) is 0 Å². The van der Waals surface area contributed by atoms with Gasteiger partial charge in [-0.3, -0.25) is 5.32 Å². The number of aryl methyl sites for hydroxylation is 1. The van der Waals surface area contributed by atoms with Gasteiger partial charge in [0.2, 0.25) is 5.91 Å². The van der Waals surface area contributed by atoms with Crippen LogP contribution in [0.25, 0.3) is 0 Å². The van der Waals surface area contributed by atoms with Crippen LogP contribution in [0.15, 0.2) is 18.2 Å². The first-order chi connectivity index (χ1) is 8.92. The van der Waals surface area contributed by atoms with Crippen LogP contribution >= 0.6 is 0 Å². The van der Waals surface area contributed by atoms with Crippen LogP contribution in [0.2, 0.25) is 0 Å². The van der Waals surface area contributed by atoms with Gasteiger partial charge in [0, 0.05) is 19.0 Å². The highest BCUT2D eigenvalue weighted by Crippen LogP contribution is 2.20. The molecule has 4 nitrogen and oxygen atoms in total. The van der Waals surface area contributed by atoms with Crippen LogP contribution in [0.1, 0.15) is 50.7 Å². The van der Waals surface area contributed by atoms with Crippen molar-refractivity contribution in [2.75, 3.05) is 0 Å². The molecule has 1 aromatic carbocycles. The number of phenols is 1. The monoisotopic (exact) mass is 267 g/mol. The van der Waals surface area contributed by atoms with Gasteiger partial charge in [-0.1, -0.05) is 38.3 Å². The highest BCUT2D eigenvalue weighted by Gasteiger charge is 2.14. The first-order valence-corrected chi connectivity index (χ1v) is 6.93. The maximum atomic E-state index is 9.74. The third kappa shape index (κ3) is 6.57. The Bertz CT molecular complexity index is 385. The molecular weight excluding hydrogens is 242 g/mol. The maximum absolute atomic E-state index is 9.74. The average molecular weight is 267 g/mol. The maximum Gasteiger partial charge on any atom is 0.219 e. The molecule has 0 spiro atoms. The number of aliphatic hydroxyl groups is 2. The number of nitrogens with one attached hydrogen (secondary N) is 1. The molecule has 0 fully saturated rings. The van der Waals surface area contributed by atoms with E-state index < -0.39 is 5.91 Å². The number of unbranched alkanes of at least 4 members (excludes halogenated alkanes) is 3. The molecule has 0 radical (unpaired) electrons. The molecule has 0 aliphatic heterocycles. The number of hydrogen-bond acceptors (Lipinski definition) is 4. The second kappa shape index (κ2) is 7.48. The minimum atomic E-state index is -1.93. The first kappa shape index (κ1) is 16.0. The van der Waals surface area contributed by atoms with Crippen molar-refractivity contribution in [1.82, 2.24) is 5.32 Å². The Kier molecular flexibility index (Phi) is 6.28. The van der Waals surface area contributed by atoms with Crippen molar-refractivity contribution in [3.05, 3.63) is 29.3 Å². The van der Waals surface area contributed by atoms with Crippen LogP contribution in [0.3, 0.4) is 0 Å². The van der Waals surface area contributed by atoms with Gasteiger partial charge < -0.3 is 15.3 Å². The molecule has 0 aromatic heterocycles. The Labute approximate surface area is 115 Å². The van der Waals surface area contributed by atoms with Crippen molar-refractivity contribution in [3.8, 4) is 5.75 Å². The fraction of sp³-hybridized carbons (Fsp3) is 0.600. The van der Waals surface area contributed by atoms with E-state index in [0.717, 1.165) is 12.8 Å². The molecule has 0 heterocycles. The largest absolute Gasteiger partial charge is 0.508 e.